The molecule has 0 saturated heterocycles. The van der Waals surface area contributed by atoms with Crippen molar-refractivity contribution >= 4 is 5.97 Å². The standard InChI is InChI=1S/C9H7F3O2/c1-4-6(10)2-5(3-7(13)14)9(12)8(4)11/h2H,3H2,1H3,(H,13,14). The Labute approximate surface area is 78.0 Å². The van der Waals surface area contributed by atoms with Crippen LogP contribution >= 0.6 is 0 Å². The minimum Gasteiger partial charge on any atom is -0.481 e. The van der Waals surface area contributed by atoms with Crippen LogP contribution in [0.2, 0.25) is 0 Å². The predicted molar refractivity (Wildman–Crippen MR) is 42.4 cm³/mol. The van der Waals surface area contributed by atoms with E-state index < -0.39 is 41.0 Å². The molecule has 1 aromatic rings. The Morgan fingerprint density at radius 2 is 1.93 bits per heavy atom. The quantitative estimate of drug-likeness (QED) is 0.748. The Hall–Kier alpha value is -1.52. The summed E-state index contributed by atoms with van der Waals surface area (Å²) >= 11 is 0. The third-order valence-corrected chi connectivity index (χ3v) is 1.80. The smallest absolute Gasteiger partial charge is 0.307 e. The highest BCUT2D eigenvalue weighted by molar-refractivity contribution is 5.70. The van der Waals surface area contributed by atoms with Crippen LogP contribution in [0.1, 0.15) is 11.1 Å². The fraction of sp³-hybridized carbons (Fsp3) is 0.222. The van der Waals surface area contributed by atoms with E-state index in [9.17, 15) is 18.0 Å². The summed E-state index contributed by atoms with van der Waals surface area (Å²) < 4.78 is 38.8. The zero-order chi connectivity index (χ0) is 10.9. The van der Waals surface area contributed by atoms with E-state index in [0.717, 1.165) is 6.92 Å². The Morgan fingerprint density at radius 3 is 2.43 bits per heavy atom. The van der Waals surface area contributed by atoms with Crippen LogP contribution in [-0.2, 0) is 11.2 Å². The molecule has 0 heterocycles. The van der Waals surface area contributed by atoms with E-state index in [1.807, 2.05) is 0 Å². The lowest BCUT2D eigenvalue weighted by Crippen LogP contribution is -2.06. The molecule has 5 heteroatoms. The molecule has 0 aliphatic carbocycles. The summed E-state index contributed by atoms with van der Waals surface area (Å²) in [5, 5.41) is 8.33. The molecule has 0 bridgehead atoms. The zero-order valence-electron chi connectivity index (χ0n) is 7.27. The van der Waals surface area contributed by atoms with E-state index in [0.29, 0.717) is 6.07 Å². The predicted octanol–water partition coefficient (Wildman–Crippen LogP) is 2.04. The lowest BCUT2D eigenvalue weighted by Gasteiger charge is -2.04. The van der Waals surface area contributed by atoms with Crippen LogP contribution < -0.4 is 0 Å². The number of carboxylic acids is 1. The van der Waals surface area contributed by atoms with E-state index in [4.69, 9.17) is 5.11 Å². The number of hydrogen-bond donors (Lipinski definition) is 1. The minimum atomic E-state index is -1.34. The van der Waals surface area contributed by atoms with Crippen LogP contribution in [0, 0.1) is 24.4 Å². The topological polar surface area (TPSA) is 37.3 Å². The third-order valence-electron chi connectivity index (χ3n) is 1.80. The van der Waals surface area contributed by atoms with Crippen molar-refractivity contribution in [1.29, 1.82) is 0 Å². The van der Waals surface area contributed by atoms with Gasteiger partial charge in [-0.25, -0.2) is 13.2 Å². The Kier molecular flexibility index (Phi) is 2.78. The molecule has 0 unspecified atom stereocenters. The maximum atomic E-state index is 13.0. The molecule has 1 aromatic carbocycles. The highest BCUT2D eigenvalue weighted by Gasteiger charge is 2.17. The molecule has 0 saturated carbocycles. The van der Waals surface area contributed by atoms with Gasteiger partial charge in [0.15, 0.2) is 11.6 Å². The SMILES string of the molecule is Cc1c(F)cc(CC(=O)O)c(F)c1F. The summed E-state index contributed by atoms with van der Waals surface area (Å²) in [5.74, 6) is -4.92. The summed E-state index contributed by atoms with van der Waals surface area (Å²) in [6.45, 7) is 1.08. The summed E-state index contributed by atoms with van der Waals surface area (Å²) in [4.78, 5) is 10.2. The van der Waals surface area contributed by atoms with Crippen molar-refractivity contribution in [3.05, 3.63) is 34.6 Å². The van der Waals surface area contributed by atoms with E-state index in [1.165, 1.54) is 0 Å². The molecule has 14 heavy (non-hydrogen) atoms. The molecule has 2 nitrogen and oxygen atoms in total. The summed E-state index contributed by atoms with van der Waals surface area (Å²) in [6, 6.07) is 0.696. The van der Waals surface area contributed by atoms with Gasteiger partial charge in [-0.15, -0.1) is 0 Å². The van der Waals surface area contributed by atoms with Crippen LogP contribution in [-0.4, -0.2) is 11.1 Å². The molecule has 0 fully saturated rings. The van der Waals surface area contributed by atoms with Crippen molar-refractivity contribution in [3.63, 3.8) is 0 Å². The molecule has 1 rings (SSSR count). The summed E-state index contributed by atoms with van der Waals surface area (Å²) in [5.41, 5.74) is -0.935. The first kappa shape index (κ1) is 10.6. The van der Waals surface area contributed by atoms with Crippen LogP contribution in [0.3, 0.4) is 0 Å². The number of aliphatic carboxylic acids is 1. The molecule has 1 N–H and O–H groups in total. The first-order valence-corrected chi connectivity index (χ1v) is 3.78. The maximum absolute atomic E-state index is 13.0. The molecular weight excluding hydrogens is 197 g/mol. The Morgan fingerprint density at radius 1 is 1.36 bits per heavy atom. The second kappa shape index (κ2) is 3.69. The van der Waals surface area contributed by atoms with E-state index in [2.05, 4.69) is 0 Å². The monoisotopic (exact) mass is 204 g/mol. The van der Waals surface area contributed by atoms with Crippen LogP contribution in [0.5, 0.6) is 0 Å². The first-order chi connectivity index (χ1) is 6.43. The Bertz CT molecular complexity index is 388. The highest BCUT2D eigenvalue weighted by Crippen LogP contribution is 2.19. The van der Waals surface area contributed by atoms with Gasteiger partial charge in [-0.05, 0) is 13.0 Å². The summed E-state index contributed by atoms with van der Waals surface area (Å²) in [6.07, 6.45) is -0.736. The second-order valence-corrected chi connectivity index (χ2v) is 2.84. The molecule has 0 spiro atoms. The highest BCUT2D eigenvalue weighted by atomic mass is 19.2. The lowest BCUT2D eigenvalue weighted by atomic mass is 10.1. The van der Waals surface area contributed by atoms with Crippen molar-refractivity contribution in [1.82, 2.24) is 0 Å². The van der Waals surface area contributed by atoms with Crippen molar-refractivity contribution in [2.24, 2.45) is 0 Å². The van der Waals surface area contributed by atoms with Crippen LogP contribution in [0.4, 0.5) is 13.2 Å². The maximum Gasteiger partial charge on any atom is 0.307 e. The molecule has 0 aliphatic heterocycles. The van der Waals surface area contributed by atoms with Crippen LogP contribution in [0.15, 0.2) is 6.07 Å². The van der Waals surface area contributed by atoms with Gasteiger partial charge in [-0.1, -0.05) is 0 Å². The largest absolute Gasteiger partial charge is 0.481 e. The fourth-order valence-electron chi connectivity index (χ4n) is 1.03. The van der Waals surface area contributed by atoms with E-state index in [1.54, 1.807) is 0 Å². The Balaban J connectivity index is 3.25. The molecular formula is C9H7F3O2. The molecule has 0 aromatic heterocycles. The van der Waals surface area contributed by atoms with Gasteiger partial charge in [0.25, 0.3) is 0 Å². The average molecular weight is 204 g/mol. The molecule has 0 amide bonds. The van der Waals surface area contributed by atoms with Crippen LogP contribution in [0.25, 0.3) is 0 Å². The fourth-order valence-corrected chi connectivity index (χ4v) is 1.03. The van der Waals surface area contributed by atoms with Crippen molar-refractivity contribution < 1.29 is 23.1 Å². The van der Waals surface area contributed by atoms with E-state index in [-0.39, 0.29) is 0 Å². The number of carbonyl (C=O) groups is 1. The van der Waals surface area contributed by atoms with Gasteiger partial charge in [0.1, 0.15) is 5.82 Å². The van der Waals surface area contributed by atoms with Gasteiger partial charge in [-0.2, -0.15) is 0 Å². The third kappa shape index (κ3) is 1.86. The molecule has 0 aliphatic rings. The van der Waals surface area contributed by atoms with Gasteiger partial charge < -0.3 is 5.11 Å². The molecule has 0 atom stereocenters. The number of hydrogen-bond acceptors (Lipinski definition) is 1. The second-order valence-electron chi connectivity index (χ2n) is 2.84. The number of halogens is 3. The van der Waals surface area contributed by atoms with Gasteiger partial charge in [0.2, 0.25) is 0 Å². The normalized spacial score (nSPS) is 10.3. The van der Waals surface area contributed by atoms with Crippen molar-refractivity contribution in [2.45, 2.75) is 13.3 Å². The van der Waals surface area contributed by atoms with Gasteiger partial charge in [0.05, 0.1) is 6.42 Å². The summed E-state index contributed by atoms with van der Waals surface area (Å²) in [7, 11) is 0. The molecule has 76 valence electrons. The lowest BCUT2D eigenvalue weighted by molar-refractivity contribution is -0.136. The zero-order valence-corrected chi connectivity index (χ0v) is 7.27. The van der Waals surface area contributed by atoms with E-state index >= 15 is 0 Å². The minimum absolute atomic E-state index is 0.448. The molecule has 0 radical (unpaired) electrons. The van der Waals surface area contributed by atoms with Gasteiger partial charge in [-0.3, -0.25) is 4.79 Å². The van der Waals surface area contributed by atoms with Crippen molar-refractivity contribution in [2.75, 3.05) is 0 Å². The number of benzene rings is 1. The van der Waals surface area contributed by atoms with Gasteiger partial charge in [0, 0.05) is 11.1 Å². The average Bonchev–Trinajstić information content (AvgIpc) is 2.10. The van der Waals surface area contributed by atoms with Crippen molar-refractivity contribution in [3.8, 4) is 0 Å². The van der Waals surface area contributed by atoms with Gasteiger partial charge >= 0.3 is 5.97 Å². The first-order valence-electron chi connectivity index (χ1n) is 3.78. The number of carboxylic acid groups (broad SMARTS) is 1. The number of rotatable bonds is 2.